The summed E-state index contributed by atoms with van der Waals surface area (Å²) in [5.74, 6) is -3.74. The van der Waals surface area contributed by atoms with Gasteiger partial charge in [0.15, 0.2) is 5.13 Å². The van der Waals surface area contributed by atoms with Crippen LogP contribution in [0.3, 0.4) is 0 Å². The van der Waals surface area contributed by atoms with Crippen LogP contribution in [0.25, 0.3) is 11.3 Å². The van der Waals surface area contributed by atoms with E-state index in [4.69, 9.17) is 5.11 Å². The van der Waals surface area contributed by atoms with Gasteiger partial charge in [-0.3, -0.25) is 19.2 Å². The normalized spacial score (nSPS) is 11.4. The van der Waals surface area contributed by atoms with Gasteiger partial charge in [0.25, 0.3) is 0 Å². The van der Waals surface area contributed by atoms with Gasteiger partial charge in [0.05, 0.1) is 12.1 Å². The minimum absolute atomic E-state index is 0.0322. The van der Waals surface area contributed by atoms with Crippen LogP contribution in [0.5, 0.6) is 0 Å². The fourth-order valence-electron chi connectivity index (χ4n) is 3.44. The van der Waals surface area contributed by atoms with Gasteiger partial charge in [0, 0.05) is 35.5 Å². The van der Waals surface area contributed by atoms with Crippen molar-refractivity contribution < 1.29 is 33.1 Å². The predicted octanol–water partition coefficient (Wildman–Crippen LogP) is 4.36. The van der Waals surface area contributed by atoms with E-state index >= 15 is 0 Å². The number of aromatic nitrogens is 1. The molecule has 2 aromatic carbocycles. The molecule has 1 atom stereocenters. The first kappa shape index (κ1) is 28.4. The molecule has 1 aromatic heterocycles. The van der Waals surface area contributed by atoms with E-state index in [1.54, 1.807) is 29.6 Å². The molecule has 3 aromatic rings. The summed E-state index contributed by atoms with van der Waals surface area (Å²) in [7, 11) is 0. The van der Waals surface area contributed by atoms with Gasteiger partial charge in [-0.2, -0.15) is 0 Å². The number of rotatable bonds is 12. The first-order valence-corrected chi connectivity index (χ1v) is 12.6. The zero-order chi connectivity index (χ0) is 27.7. The maximum absolute atomic E-state index is 13.3. The van der Waals surface area contributed by atoms with Crippen molar-refractivity contribution in [2.45, 2.75) is 45.1 Å². The highest BCUT2D eigenvalue weighted by atomic mass is 32.1. The largest absolute Gasteiger partial charge is 0.481 e. The van der Waals surface area contributed by atoms with Gasteiger partial charge in [-0.1, -0.05) is 12.1 Å². The summed E-state index contributed by atoms with van der Waals surface area (Å²) in [5.41, 5.74) is 2.09. The molecular formula is C26H26F2N4O5S. The summed E-state index contributed by atoms with van der Waals surface area (Å²) in [6, 6.07) is 8.85. The summed E-state index contributed by atoms with van der Waals surface area (Å²) in [6.07, 6.45) is 0.899. The molecule has 0 saturated heterocycles. The lowest BCUT2D eigenvalue weighted by atomic mass is 10.1. The van der Waals surface area contributed by atoms with Crippen LogP contribution in [0.2, 0.25) is 0 Å². The van der Waals surface area contributed by atoms with Gasteiger partial charge in [-0.25, -0.2) is 13.8 Å². The number of carboxylic acids is 1. The molecule has 0 fully saturated rings. The number of amides is 3. The molecule has 1 heterocycles. The first-order chi connectivity index (χ1) is 18.1. The Kier molecular flexibility index (Phi) is 9.99. The van der Waals surface area contributed by atoms with Gasteiger partial charge < -0.3 is 21.1 Å². The molecule has 38 heavy (non-hydrogen) atoms. The minimum atomic E-state index is -0.916. The topological polar surface area (TPSA) is 137 Å². The second kappa shape index (κ2) is 13.4. The predicted molar refractivity (Wildman–Crippen MR) is 139 cm³/mol. The van der Waals surface area contributed by atoms with E-state index < -0.39 is 35.5 Å². The third-order valence-electron chi connectivity index (χ3n) is 5.30. The second-order valence-corrected chi connectivity index (χ2v) is 9.36. The van der Waals surface area contributed by atoms with E-state index in [1.165, 1.54) is 18.3 Å². The summed E-state index contributed by atoms with van der Waals surface area (Å²) >= 11 is 1.19. The lowest BCUT2D eigenvalue weighted by Crippen LogP contribution is -2.42. The number of anilines is 2. The molecule has 3 amide bonds. The Bertz CT molecular complexity index is 1290. The number of halogens is 2. The van der Waals surface area contributed by atoms with Gasteiger partial charge >= 0.3 is 5.97 Å². The molecule has 0 spiro atoms. The van der Waals surface area contributed by atoms with Crippen molar-refractivity contribution in [2.75, 3.05) is 10.6 Å². The minimum Gasteiger partial charge on any atom is -0.481 e. The summed E-state index contributed by atoms with van der Waals surface area (Å²) in [4.78, 5) is 51.6. The van der Waals surface area contributed by atoms with Crippen molar-refractivity contribution in [2.24, 2.45) is 0 Å². The summed E-state index contributed by atoms with van der Waals surface area (Å²) in [6.45, 7) is 1.48. The lowest BCUT2D eigenvalue weighted by molar-refractivity contribution is -0.137. The SMILES string of the molecule is C[C@H](NC(=O)Cc1cc(F)cc(F)c1)C(=O)Nc1nc(-c2ccc(NC(=O)CCCCC(=O)O)cc2)cs1. The Morgan fingerprint density at radius 3 is 2.26 bits per heavy atom. The number of carbonyl (C=O) groups is 4. The van der Waals surface area contributed by atoms with Crippen LogP contribution in [0.15, 0.2) is 47.8 Å². The van der Waals surface area contributed by atoms with E-state index in [1.807, 2.05) is 0 Å². The van der Waals surface area contributed by atoms with Crippen molar-refractivity contribution in [1.29, 1.82) is 0 Å². The number of hydrogen-bond donors (Lipinski definition) is 4. The molecule has 9 nitrogen and oxygen atoms in total. The van der Waals surface area contributed by atoms with Crippen molar-refractivity contribution in [1.82, 2.24) is 10.3 Å². The number of carboxylic acid groups (broad SMARTS) is 1. The third kappa shape index (κ3) is 9.04. The Labute approximate surface area is 221 Å². The van der Waals surface area contributed by atoms with Crippen molar-refractivity contribution in [3.63, 3.8) is 0 Å². The first-order valence-electron chi connectivity index (χ1n) is 11.7. The Morgan fingerprint density at radius 2 is 1.61 bits per heavy atom. The molecule has 0 aliphatic heterocycles. The Balaban J connectivity index is 1.48. The highest BCUT2D eigenvalue weighted by Crippen LogP contribution is 2.26. The Hall–Kier alpha value is -4.19. The lowest BCUT2D eigenvalue weighted by Gasteiger charge is -2.13. The van der Waals surface area contributed by atoms with E-state index in [2.05, 4.69) is 20.9 Å². The van der Waals surface area contributed by atoms with E-state index in [0.717, 1.165) is 17.7 Å². The zero-order valence-electron chi connectivity index (χ0n) is 20.4. The van der Waals surface area contributed by atoms with Gasteiger partial charge in [0.2, 0.25) is 17.7 Å². The van der Waals surface area contributed by atoms with Crippen LogP contribution in [0, 0.1) is 11.6 Å². The molecule has 0 aliphatic rings. The van der Waals surface area contributed by atoms with E-state index in [9.17, 15) is 28.0 Å². The van der Waals surface area contributed by atoms with E-state index in [-0.39, 0.29) is 30.7 Å². The number of hydrogen-bond acceptors (Lipinski definition) is 6. The molecule has 0 radical (unpaired) electrons. The fourth-order valence-corrected chi connectivity index (χ4v) is 4.17. The van der Waals surface area contributed by atoms with Gasteiger partial charge in [0.1, 0.15) is 17.7 Å². The highest BCUT2D eigenvalue weighted by molar-refractivity contribution is 7.14. The number of unbranched alkanes of at least 4 members (excludes halogenated alkanes) is 1. The van der Waals surface area contributed by atoms with Crippen LogP contribution >= 0.6 is 11.3 Å². The molecule has 200 valence electrons. The number of benzene rings is 2. The Morgan fingerprint density at radius 1 is 0.947 bits per heavy atom. The smallest absolute Gasteiger partial charge is 0.303 e. The second-order valence-electron chi connectivity index (χ2n) is 8.50. The molecule has 4 N–H and O–H groups in total. The summed E-state index contributed by atoms with van der Waals surface area (Å²) < 4.78 is 26.6. The highest BCUT2D eigenvalue weighted by Gasteiger charge is 2.18. The monoisotopic (exact) mass is 544 g/mol. The zero-order valence-corrected chi connectivity index (χ0v) is 21.2. The summed E-state index contributed by atoms with van der Waals surface area (Å²) in [5, 5.41) is 18.6. The van der Waals surface area contributed by atoms with Crippen LogP contribution in [-0.4, -0.2) is 39.8 Å². The molecule has 0 bridgehead atoms. The molecule has 3 rings (SSSR count). The van der Waals surface area contributed by atoms with Crippen LogP contribution < -0.4 is 16.0 Å². The molecule has 0 saturated carbocycles. The number of carbonyl (C=O) groups excluding carboxylic acids is 3. The van der Waals surface area contributed by atoms with Crippen LogP contribution in [0.1, 0.15) is 38.2 Å². The molecule has 0 unspecified atom stereocenters. The number of thiazole rings is 1. The quantitative estimate of drug-likeness (QED) is 0.250. The maximum Gasteiger partial charge on any atom is 0.303 e. The van der Waals surface area contributed by atoms with Gasteiger partial charge in [-0.05, 0) is 49.6 Å². The standard InChI is InChI=1S/C26H26F2N4O5S/c1-15(29-23(34)12-16-10-18(27)13-19(28)11-16)25(37)32-26-31-21(14-38-26)17-6-8-20(9-7-17)30-22(33)4-2-3-5-24(35)36/h6-11,13-15H,2-5,12H2,1H3,(H,29,34)(H,30,33)(H,35,36)(H,31,32,37)/t15-/m0/s1. The van der Waals surface area contributed by atoms with E-state index in [0.29, 0.717) is 35.4 Å². The maximum atomic E-state index is 13.3. The number of nitrogens with one attached hydrogen (secondary N) is 3. The average Bonchev–Trinajstić information content (AvgIpc) is 3.29. The molecule has 12 heteroatoms. The van der Waals surface area contributed by atoms with Gasteiger partial charge in [-0.15, -0.1) is 11.3 Å². The number of nitrogens with zero attached hydrogens (tertiary/aromatic N) is 1. The van der Waals surface area contributed by atoms with Crippen molar-refractivity contribution >= 4 is 45.8 Å². The van der Waals surface area contributed by atoms with Crippen LogP contribution in [0.4, 0.5) is 19.6 Å². The molecular weight excluding hydrogens is 518 g/mol. The average molecular weight is 545 g/mol. The molecule has 0 aliphatic carbocycles. The van der Waals surface area contributed by atoms with Crippen LogP contribution in [-0.2, 0) is 25.6 Å². The van der Waals surface area contributed by atoms with Crippen molar-refractivity contribution in [3.05, 3.63) is 65.0 Å². The van der Waals surface area contributed by atoms with Crippen molar-refractivity contribution in [3.8, 4) is 11.3 Å². The third-order valence-corrected chi connectivity index (χ3v) is 6.06. The fraction of sp³-hybridized carbons (Fsp3) is 0.269. The number of aliphatic carboxylic acids is 1.